The van der Waals surface area contributed by atoms with Crippen LogP contribution in [0.2, 0.25) is 0 Å². The molecule has 2 N–H and O–H groups in total. The van der Waals surface area contributed by atoms with Gasteiger partial charge in [-0.2, -0.15) is 5.26 Å². The van der Waals surface area contributed by atoms with E-state index in [1.807, 2.05) is 6.07 Å². The van der Waals surface area contributed by atoms with Crippen LogP contribution >= 0.6 is 0 Å². The predicted molar refractivity (Wildman–Crippen MR) is 106 cm³/mol. The highest BCUT2D eigenvalue weighted by Gasteiger charge is 2.43. The maximum Gasteiger partial charge on any atom is 0.238 e. The van der Waals surface area contributed by atoms with Gasteiger partial charge in [-0.1, -0.05) is 18.2 Å². The Balaban J connectivity index is 1.39. The normalized spacial score (nSPS) is 27.9. The lowest BCUT2D eigenvalue weighted by molar-refractivity contribution is -0.124. The highest BCUT2D eigenvalue weighted by atomic mass is 19.1. The van der Waals surface area contributed by atoms with Gasteiger partial charge in [-0.05, 0) is 61.4 Å². The fourth-order valence-electron chi connectivity index (χ4n) is 4.71. The van der Waals surface area contributed by atoms with E-state index in [0.29, 0.717) is 17.5 Å². The third-order valence-electron chi connectivity index (χ3n) is 6.37. The minimum atomic E-state index is -0.726. The summed E-state index contributed by atoms with van der Waals surface area (Å²) >= 11 is 0. The van der Waals surface area contributed by atoms with Crippen molar-refractivity contribution in [2.75, 3.05) is 20.1 Å². The number of halogens is 1. The number of hydrogen-bond acceptors (Lipinski definition) is 4. The number of piperidine rings is 1. The zero-order valence-electron chi connectivity index (χ0n) is 16.2. The lowest BCUT2D eigenvalue weighted by Crippen LogP contribution is -2.50. The smallest absolute Gasteiger partial charge is 0.238 e. The Morgan fingerprint density at radius 2 is 2.32 bits per heavy atom. The summed E-state index contributed by atoms with van der Waals surface area (Å²) in [5, 5.41) is 15.6. The molecular weight excluding hydrogens is 355 g/mol. The summed E-state index contributed by atoms with van der Waals surface area (Å²) in [6.45, 7) is 1.84. The number of nitrogens with zero attached hydrogens (tertiary/aromatic N) is 2. The molecule has 1 amide bonds. The predicted octanol–water partition coefficient (Wildman–Crippen LogP) is 2.24. The van der Waals surface area contributed by atoms with Crippen LogP contribution in [-0.4, -0.2) is 49.1 Å². The molecule has 4 atom stereocenters. The molecule has 2 bridgehead atoms. The fraction of sp³-hybridized carbons (Fsp3) is 0.545. The fourth-order valence-corrected chi connectivity index (χ4v) is 4.71. The van der Waals surface area contributed by atoms with Crippen LogP contribution in [0.15, 0.2) is 24.3 Å². The first kappa shape index (κ1) is 19.1. The van der Waals surface area contributed by atoms with E-state index < -0.39 is 6.04 Å². The first-order valence-electron chi connectivity index (χ1n) is 10.2. The monoisotopic (exact) mass is 382 g/mol. The van der Waals surface area contributed by atoms with Gasteiger partial charge in [0.2, 0.25) is 5.91 Å². The third kappa shape index (κ3) is 3.96. The molecule has 28 heavy (non-hydrogen) atoms. The van der Waals surface area contributed by atoms with E-state index in [1.165, 1.54) is 0 Å². The largest absolute Gasteiger partial charge is 0.339 e. The van der Waals surface area contributed by atoms with Crippen LogP contribution in [0.5, 0.6) is 0 Å². The van der Waals surface area contributed by atoms with Crippen LogP contribution < -0.4 is 10.6 Å². The molecule has 4 rings (SSSR count). The van der Waals surface area contributed by atoms with E-state index in [2.05, 4.69) is 34.7 Å². The van der Waals surface area contributed by atoms with Gasteiger partial charge in [-0.3, -0.25) is 4.79 Å². The first-order chi connectivity index (χ1) is 13.5. The second-order valence-electron chi connectivity index (χ2n) is 8.36. The van der Waals surface area contributed by atoms with Crippen LogP contribution in [0.1, 0.15) is 36.8 Å². The van der Waals surface area contributed by atoms with Gasteiger partial charge in [0.15, 0.2) is 0 Å². The van der Waals surface area contributed by atoms with Crippen LogP contribution in [0.25, 0.3) is 5.57 Å². The molecule has 0 unspecified atom stereocenters. The highest BCUT2D eigenvalue weighted by Crippen LogP contribution is 2.35. The van der Waals surface area contributed by atoms with Gasteiger partial charge in [0.25, 0.3) is 0 Å². The second-order valence-corrected chi connectivity index (χ2v) is 8.36. The van der Waals surface area contributed by atoms with Gasteiger partial charge in [0.1, 0.15) is 11.9 Å². The molecule has 2 aliphatic heterocycles. The number of nitriles is 1. The van der Waals surface area contributed by atoms with Crippen LogP contribution in [0.3, 0.4) is 0 Å². The first-order valence-corrected chi connectivity index (χ1v) is 10.2. The van der Waals surface area contributed by atoms with Crippen molar-refractivity contribution in [2.24, 2.45) is 5.92 Å². The Morgan fingerprint density at radius 1 is 1.46 bits per heavy atom. The minimum absolute atomic E-state index is 0.132. The van der Waals surface area contributed by atoms with E-state index in [1.54, 1.807) is 12.1 Å². The number of hydrogen-bond donors (Lipinski definition) is 2. The van der Waals surface area contributed by atoms with Crippen molar-refractivity contribution in [3.63, 3.8) is 0 Å². The average molecular weight is 382 g/mol. The number of fused-ring (bicyclic) bond motifs is 2. The molecule has 1 aromatic rings. The highest BCUT2D eigenvalue weighted by molar-refractivity contribution is 5.83. The molecular formula is C22H27FN4O. The quantitative estimate of drug-likeness (QED) is 0.820. The third-order valence-corrected chi connectivity index (χ3v) is 6.37. The number of nitrogens with one attached hydrogen (secondary N) is 2. The zero-order chi connectivity index (χ0) is 19.7. The Kier molecular flexibility index (Phi) is 5.47. The molecule has 6 heteroatoms. The van der Waals surface area contributed by atoms with Crippen molar-refractivity contribution < 1.29 is 9.18 Å². The summed E-state index contributed by atoms with van der Waals surface area (Å²) in [5.41, 5.74) is 2.53. The number of carbonyl (C=O) groups is 1. The number of rotatable bonds is 5. The molecule has 0 aromatic heterocycles. The number of amides is 1. The van der Waals surface area contributed by atoms with Crippen molar-refractivity contribution in [1.82, 2.24) is 15.5 Å². The number of likely N-dealkylation sites (N-methyl/N-ethyl adjacent to an activating group) is 1. The van der Waals surface area contributed by atoms with Crippen LogP contribution in [0.4, 0.5) is 4.39 Å². The average Bonchev–Trinajstić information content (AvgIpc) is 3.33. The molecule has 3 aliphatic rings. The van der Waals surface area contributed by atoms with Gasteiger partial charge in [-0.15, -0.1) is 0 Å². The summed E-state index contributed by atoms with van der Waals surface area (Å²) in [7, 11) is 2.07. The molecule has 1 aromatic carbocycles. The molecule has 1 saturated heterocycles. The van der Waals surface area contributed by atoms with Gasteiger partial charge in [-0.25, -0.2) is 4.39 Å². The molecule has 2 fully saturated rings. The van der Waals surface area contributed by atoms with Crippen LogP contribution in [-0.2, 0) is 11.2 Å². The number of benzene rings is 1. The molecule has 0 radical (unpaired) electrons. The lowest BCUT2D eigenvalue weighted by atomic mass is 9.96. The Hall–Kier alpha value is -2.23. The number of carbonyl (C=O) groups excluding carboxylic acids is 1. The molecule has 5 nitrogen and oxygen atoms in total. The molecule has 0 spiro atoms. The topological polar surface area (TPSA) is 68.2 Å². The van der Waals surface area contributed by atoms with Gasteiger partial charge < -0.3 is 15.5 Å². The standard InChI is InChI=1S/C22H27FN4O/c1-27-8-6-14(7-9-27)15-2-3-16(20(23)12-15)10-19(13-24)26-22(28)21-17-4-5-18(11-17)25-21/h2-3,6,12,17-19,21,25H,4-5,7-11H2,1H3,(H,26,28)/t17-,18+,19-,21-/m0/s1. The summed E-state index contributed by atoms with van der Waals surface area (Å²) < 4.78 is 14.7. The van der Waals surface area contributed by atoms with E-state index in [0.717, 1.165) is 49.9 Å². The second kappa shape index (κ2) is 8.02. The molecule has 2 heterocycles. The van der Waals surface area contributed by atoms with E-state index >= 15 is 0 Å². The summed E-state index contributed by atoms with van der Waals surface area (Å²) in [5.74, 6) is -0.0830. The van der Waals surface area contributed by atoms with Crippen molar-refractivity contribution >= 4 is 11.5 Å². The van der Waals surface area contributed by atoms with Gasteiger partial charge >= 0.3 is 0 Å². The minimum Gasteiger partial charge on any atom is -0.339 e. The Morgan fingerprint density at radius 3 is 2.93 bits per heavy atom. The van der Waals surface area contributed by atoms with Crippen molar-refractivity contribution in [1.29, 1.82) is 5.26 Å². The molecule has 1 saturated carbocycles. The SMILES string of the molecule is CN1CC=C(c2ccc(C[C@@H](C#N)NC(=O)[C@H]3N[C@@H]4CC[C@H]3C4)c(F)c2)CC1. The van der Waals surface area contributed by atoms with Crippen molar-refractivity contribution in [2.45, 2.75) is 50.2 Å². The maximum atomic E-state index is 14.7. The van der Waals surface area contributed by atoms with E-state index in [4.69, 9.17) is 0 Å². The Labute approximate surface area is 165 Å². The van der Waals surface area contributed by atoms with Crippen molar-refractivity contribution in [3.05, 3.63) is 41.2 Å². The van der Waals surface area contributed by atoms with Crippen LogP contribution in [0, 0.1) is 23.1 Å². The van der Waals surface area contributed by atoms with Gasteiger partial charge in [0.05, 0.1) is 12.1 Å². The zero-order valence-corrected chi connectivity index (χ0v) is 16.2. The van der Waals surface area contributed by atoms with Crippen molar-refractivity contribution in [3.8, 4) is 6.07 Å². The van der Waals surface area contributed by atoms with Gasteiger partial charge in [0, 0.05) is 25.6 Å². The molecule has 148 valence electrons. The summed E-state index contributed by atoms with van der Waals surface area (Å²) in [4.78, 5) is 14.8. The maximum absolute atomic E-state index is 14.7. The molecule has 1 aliphatic carbocycles. The van der Waals surface area contributed by atoms with E-state index in [9.17, 15) is 14.4 Å². The van der Waals surface area contributed by atoms with E-state index in [-0.39, 0.29) is 24.2 Å². The Bertz CT molecular complexity index is 830. The lowest BCUT2D eigenvalue weighted by Gasteiger charge is -2.24. The summed E-state index contributed by atoms with van der Waals surface area (Å²) in [6, 6.07) is 6.83. The summed E-state index contributed by atoms with van der Waals surface area (Å²) in [6.07, 6.45) is 6.45.